The summed E-state index contributed by atoms with van der Waals surface area (Å²) in [6.45, 7) is 10.4. The van der Waals surface area contributed by atoms with Gasteiger partial charge in [0.05, 0.1) is 6.54 Å². The van der Waals surface area contributed by atoms with Gasteiger partial charge in [-0.05, 0) is 38.3 Å². The van der Waals surface area contributed by atoms with E-state index in [-0.39, 0.29) is 28.7 Å². The molecule has 1 saturated heterocycles. The molecule has 2 aromatic rings. The van der Waals surface area contributed by atoms with E-state index in [4.69, 9.17) is 4.99 Å². The Hall–Kier alpha value is -0.890. The molecule has 4 nitrogen and oxygen atoms in total. The lowest BCUT2D eigenvalue weighted by atomic mass is 10.2. The number of nitrogens with zero attached hydrogens (tertiary/aromatic N) is 2. The van der Waals surface area contributed by atoms with Gasteiger partial charge in [-0.1, -0.05) is 18.2 Å². The van der Waals surface area contributed by atoms with Crippen LogP contribution >= 0.6 is 35.7 Å². The number of fused-ring (bicyclic) bond motifs is 1. The first-order chi connectivity index (χ1) is 11.1. The molecular weight excluding hydrogens is 431 g/mol. The van der Waals surface area contributed by atoms with E-state index in [0.29, 0.717) is 6.54 Å². The highest BCUT2D eigenvalue weighted by atomic mass is 127. The summed E-state index contributed by atoms with van der Waals surface area (Å²) in [5.41, 5.74) is 2.34. The first-order valence-corrected chi connectivity index (χ1v) is 9.30. The van der Waals surface area contributed by atoms with Crippen molar-refractivity contribution in [2.75, 3.05) is 25.4 Å². The van der Waals surface area contributed by atoms with Crippen molar-refractivity contribution in [1.29, 1.82) is 0 Å². The highest BCUT2D eigenvalue weighted by Gasteiger charge is 2.28. The molecule has 2 N–H and O–H groups in total. The van der Waals surface area contributed by atoms with Crippen molar-refractivity contribution in [1.82, 2.24) is 15.2 Å². The summed E-state index contributed by atoms with van der Waals surface area (Å²) in [5.74, 6) is 2.18. The second-order valence-corrected chi connectivity index (χ2v) is 8.38. The second-order valence-electron chi connectivity index (χ2n) is 6.58. The van der Waals surface area contributed by atoms with Crippen LogP contribution in [0, 0.1) is 0 Å². The van der Waals surface area contributed by atoms with Gasteiger partial charge in [0.15, 0.2) is 5.96 Å². The molecule has 3 rings (SSSR count). The number of para-hydroxylation sites is 1. The highest BCUT2D eigenvalue weighted by molar-refractivity contribution is 14.0. The molecule has 0 saturated carbocycles. The molecular formula is C18H27IN4S. The van der Waals surface area contributed by atoms with E-state index in [0.717, 1.165) is 37.0 Å². The van der Waals surface area contributed by atoms with Gasteiger partial charge in [0, 0.05) is 41.3 Å². The molecule has 0 atom stereocenters. The van der Waals surface area contributed by atoms with Gasteiger partial charge >= 0.3 is 0 Å². The van der Waals surface area contributed by atoms with Crippen molar-refractivity contribution in [2.45, 2.75) is 32.1 Å². The quantitative estimate of drug-likeness (QED) is 0.414. The van der Waals surface area contributed by atoms with E-state index < -0.39 is 0 Å². The normalized spacial score (nSPS) is 17.6. The number of thioether (sulfide) groups is 1. The minimum atomic E-state index is 0. The van der Waals surface area contributed by atoms with Crippen LogP contribution in [0.1, 0.15) is 26.5 Å². The zero-order chi connectivity index (χ0) is 16.3. The Kier molecular flexibility index (Phi) is 6.86. The predicted octanol–water partition coefficient (Wildman–Crippen LogP) is 4.08. The summed E-state index contributed by atoms with van der Waals surface area (Å²) in [7, 11) is 0. The molecule has 2 heterocycles. The molecule has 0 radical (unpaired) electrons. The van der Waals surface area contributed by atoms with Gasteiger partial charge in [-0.15, -0.1) is 24.0 Å². The maximum absolute atomic E-state index is 4.86. The SMILES string of the molecule is CCNC(=NCc1cc2ccccc2[nH]1)N1CCSC(C)(C)C1.I. The van der Waals surface area contributed by atoms with Crippen LogP contribution < -0.4 is 5.32 Å². The topological polar surface area (TPSA) is 43.4 Å². The third kappa shape index (κ3) is 4.81. The summed E-state index contributed by atoms with van der Waals surface area (Å²) in [5, 5.41) is 4.70. The maximum atomic E-state index is 4.86. The fourth-order valence-electron chi connectivity index (χ4n) is 3.00. The van der Waals surface area contributed by atoms with E-state index in [1.165, 1.54) is 10.9 Å². The van der Waals surface area contributed by atoms with Crippen LogP contribution in [0.25, 0.3) is 10.9 Å². The smallest absolute Gasteiger partial charge is 0.194 e. The number of rotatable bonds is 3. The molecule has 0 spiro atoms. The fraction of sp³-hybridized carbons (Fsp3) is 0.500. The summed E-state index contributed by atoms with van der Waals surface area (Å²) in [6.07, 6.45) is 0. The Morgan fingerprint density at radius 3 is 2.88 bits per heavy atom. The maximum Gasteiger partial charge on any atom is 0.194 e. The summed E-state index contributed by atoms with van der Waals surface area (Å²) in [4.78, 5) is 10.7. The van der Waals surface area contributed by atoms with E-state index in [9.17, 15) is 0 Å². The molecule has 0 amide bonds. The lowest BCUT2D eigenvalue weighted by Crippen LogP contribution is -2.50. The van der Waals surface area contributed by atoms with Crippen LogP contribution in [0.5, 0.6) is 0 Å². The van der Waals surface area contributed by atoms with Crippen molar-refractivity contribution in [3.63, 3.8) is 0 Å². The number of nitrogens with one attached hydrogen (secondary N) is 2. The van der Waals surface area contributed by atoms with Gasteiger partial charge in [-0.25, -0.2) is 4.99 Å². The second kappa shape index (κ2) is 8.47. The lowest BCUT2D eigenvalue weighted by molar-refractivity contribution is 0.375. The summed E-state index contributed by atoms with van der Waals surface area (Å²) >= 11 is 2.05. The van der Waals surface area contributed by atoms with Crippen LogP contribution in [0.15, 0.2) is 35.3 Å². The van der Waals surface area contributed by atoms with Crippen molar-refractivity contribution in [2.24, 2.45) is 4.99 Å². The predicted molar refractivity (Wildman–Crippen MR) is 117 cm³/mol. The molecule has 0 aliphatic carbocycles. The van der Waals surface area contributed by atoms with Gasteiger partial charge in [0.1, 0.15) is 0 Å². The monoisotopic (exact) mass is 458 g/mol. The van der Waals surface area contributed by atoms with E-state index in [2.05, 4.69) is 66.3 Å². The Balaban J connectivity index is 0.00000208. The molecule has 1 aliphatic heterocycles. The number of guanidine groups is 1. The van der Waals surface area contributed by atoms with Crippen LogP contribution in [0.2, 0.25) is 0 Å². The van der Waals surface area contributed by atoms with Crippen molar-refractivity contribution in [3.05, 3.63) is 36.0 Å². The number of halogens is 1. The minimum absolute atomic E-state index is 0. The van der Waals surface area contributed by atoms with Gasteiger partial charge in [0.2, 0.25) is 0 Å². The molecule has 132 valence electrons. The number of hydrogen-bond acceptors (Lipinski definition) is 2. The number of aromatic amines is 1. The Morgan fingerprint density at radius 1 is 1.38 bits per heavy atom. The van der Waals surface area contributed by atoms with Crippen LogP contribution in [-0.2, 0) is 6.54 Å². The van der Waals surface area contributed by atoms with E-state index >= 15 is 0 Å². The van der Waals surface area contributed by atoms with E-state index in [1.54, 1.807) is 0 Å². The first-order valence-electron chi connectivity index (χ1n) is 8.31. The number of hydrogen-bond donors (Lipinski definition) is 2. The van der Waals surface area contributed by atoms with Crippen LogP contribution in [0.4, 0.5) is 0 Å². The fourth-order valence-corrected chi connectivity index (χ4v) is 4.11. The van der Waals surface area contributed by atoms with Crippen molar-refractivity contribution < 1.29 is 0 Å². The van der Waals surface area contributed by atoms with Gasteiger partial charge in [0.25, 0.3) is 0 Å². The number of H-pyrrole nitrogens is 1. The molecule has 1 aromatic carbocycles. The lowest BCUT2D eigenvalue weighted by Gasteiger charge is -2.39. The largest absolute Gasteiger partial charge is 0.357 e. The number of benzene rings is 1. The molecule has 1 fully saturated rings. The minimum Gasteiger partial charge on any atom is -0.357 e. The molecule has 6 heteroatoms. The summed E-state index contributed by atoms with van der Waals surface area (Å²) < 4.78 is 0.287. The van der Waals surface area contributed by atoms with Crippen LogP contribution in [0.3, 0.4) is 0 Å². The van der Waals surface area contributed by atoms with Crippen molar-refractivity contribution >= 4 is 52.6 Å². The molecule has 1 aliphatic rings. The zero-order valence-electron chi connectivity index (χ0n) is 14.6. The highest BCUT2D eigenvalue weighted by Crippen LogP contribution is 2.29. The Labute approximate surface area is 165 Å². The molecule has 1 aromatic heterocycles. The van der Waals surface area contributed by atoms with Gasteiger partial charge in [-0.2, -0.15) is 11.8 Å². The third-order valence-corrected chi connectivity index (χ3v) is 5.34. The zero-order valence-corrected chi connectivity index (χ0v) is 17.8. The average Bonchev–Trinajstić information content (AvgIpc) is 2.93. The average molecular weight is 458 g/mol. The molecule has 0 unspecified atom stereocenters. The van der Waals surface area contributed by atoms with Gasteiger partial charge < -0.3 is 15.2 Å². The van der Waals surface area contributed by atoms with E-state index in [1.807, 2.05) is 11.8 Å². The molecule has 24 heavy (non-hydrogen) atoms. The van der Waals surface area contributed by atoms with Gasteiger partial charge in [-0.3, -0.25) is 0 Å². The number of aromatic nitrogens is 1. The van der Waals surface area contributed by atoms with Crippen LogP contribution in [-0.4, -0.2) is 46.0 Å². The summed E-state index contributed by atoms with van der Waals surface area (Å²) in [6, 6.07) is 10.6. The number of aliphatic imine (C=N–C) groups is 1. The third-order valence-electron chi connectivity index (χ3n) is 4.04. The molecule has 0 bridgehead atoms. The first kappa shape index (κ1) is 19.4. The van der Waals surface area contributed by atoms with Crippen molar-refractivity contribution in [3.8, 4) is 0 Å². The Morgan fingerprint density at radius 2 is 2.17 bits per heavy atom. The standard InChI is InChI=1S/C18H26N4S.HI/c1-4-19-17(22-9-10-23-18(2,3)13-22)20-12-15-11-14-7-5-6-8-16(14)21-15;/h5-8,11,21H,4,9-10,12-13H2,1-3H3,(H,19,20);1H. The Bertz CT molecular complexity index is 662.